The molecule has 1 aromatic carbocycles. The van der Waals surface area contributed by atoms with Crippen LogP contribution in [0.15, 0.2) is 46.7 Å². The SMILES string of the molecule is CC1CCN(C(CNC(=O)c2ccccc2SC(C)C)c2cccs2)CC1. The predicted molar refractivity (Wildman–Crippen MR) is 117 cm³/mol. The molecule has 1 unspecified atom stereocenters. The summed E-state index contributed by atoms with van der Waals surface area (Å²) < 4.78 is 0. The van der Waals surface area contributed by atoms with Gasteiger partial charge in [0.25, 0.3) is 5.91 Å². The average molecular weight is 403 g/mol. The van der Waals surface area contributed by atoms with Crippen molar-refractivity contribution in [1.29, 1.82) is 0 Å². The van der Waals surface area contributed by atoms with E-state index in [4.69, 9.17) is 0 Å². The maximum absolute atomic E-state index is 12.9. The zero-order chi connectivity index (χ0) is 19.2. The quantitative estimate of drug-likeness (QED) is 0.625. The van der Waals surface area contributed by atoms with Crippen LogP contribution in [0.3, 0.4) is 0 Å². The summed E-state index contributed by atoms with van der Waals surface area (Å²) in [7, 11) is 0. The Balaban J connectivity index is 1.69. The second kappa shape index (κ2) is 9.76. The number of benzene rings is 1. The monoisotopic (exact) mass is 402 g/mol. The molecule has 3 rings (SSSR count). The number of thiophene rings is 1. The smallest absolute Gasteiger partial charge is 0.252 e. The van der Waals surface area contributed by atoms with Crippen LogP contribution >= 0.6 is 23.1 Å². The highest BCUT2D eigenvalue weighted by Crippen LogP contribution is 2.30. The van der Waals surface area contributed by atoms with Gasteiger partial charge in [-0.05, 0) is 55.4 Å². The van der Waals surface area contributed by atoms with Crippen molar-refractivity contribution in [3.63, 3.8) is 0 Å². The van der Waals surface area contributed by atoms with Gasteiger partial charge >= 0.3 is 0 Å². The third-order valence-electron chi connectivity index (χ3n) is 5.08. The van der Waals surface area contributed by atoms with Crippen LogP contribution in [0.25, 0.3) is 0 Å². The normalized spacial score (nSPS) is 17.2. The molecule has 1 fully saturated rings. The first kappa shape index (κ1) is 20.4. The van der Waals surface area contributed by atoms with Crippen LogP contribution in [0.2, 0.25) is 0 Å². The Morgan fingerprint density at radius 1 is 1.22 bits per heavy atom. The Labute approximate surface area is 171 Å². The van der Waals surface area contributed by atoms with Gasteiger partial charge in [0, 0.05) is 21.6 Å². The van der Waals surface area contributed by atoms with E-state index in [9.17, 15) is 4.79 Å². The molecule has 0 aliphatic carbocycles. The number of likely N-dealkylation sites (tertiary alicyclic amines) is 1. The lowest BCUT2D eigenvalue weighted by atomic mass is 9.97. The van der Waals surface area contributed by atoms with Crippen molar-refractivity contribution in [1.82, 2.24) is 10.2 Å². The van der Waals surface area contributed by atoms with Gasteiger partial charge in [0.1, 0.15) is 0 Å². The van der Waals surface area contributed by atoms with Crippen LogP contribution < -0.4 is 5.32 Å². The van der Waals surface area contributed by atoms with E-state index in [1.54, 1.807) is 23.1 Å². The molecule has 146 valence electrons. The molecule has 1 N–H and O–H groups in total. The van der Waals surface area contributed by atoms with Gasteiger partial charge in [-0.15, -0.1) is 23.1 Å². The second-order valence-corrected chi connectivity index (χ2v) is 10.2. The van der Waals surface area contributed by atoms with Gasteiger partial charge in [-0.2, -0.15) is 0 Å². The molecule has 1 atom stereocenters. The largest absolute Gasteiger partial charge is 0.350 e. The topological polar surface area (TPSA) is 32.3 Å². The Bertz CT molecular complexity index is 722. The molecule has 0 bridgehead atoms. The van der Waals surface area contributed by atoms with E-state index in [0.717, 1.165) is 29.5 Å². The maximum Gasteiger partial charge on any atom is 0.252 e. The van der Waals surface area contributed by atoms with Crippen molar-refractivity contribution >= 4 is 29.0 Å². The Morgan fingerprint density at radius 2 is 1.96 bits per heavy atom. The van der Waals surface area contributed by atoms with Crippen LogP contribution in [-0.4, -0.2) is 35.7 Å². The average Bonchev–Trinajstić information content (AvgIpc) is 3.17. The first-order valence-corrected chi connectivity index (χ1v) is 11.6. The van der Waals surface area contributed by atoms with Gasteiger partial charge in [-0.3, -0.25) is 9.69 Å². The number of thioether (sulfide) groups is 1. The molecule has 5 heteroatoms. The number of rotatable bonds is 7. The third-order valence-corrected chi connectivity index (χ3v) is 7.14. The molecular formula is C22H30N2OS2. The van der Waals surface area contributed by atoms with Gasteiger partial charge in [-0.1, -0.05) is 39.0 Å². The van der Waals surface area contributed by atoms with Crippen molar-refractivity contribution in [2.45, 2.75) is 49.8 Å². The first-order valence-electron chi connectivity index (χ1n) is 9.86. The molecule has 2 aromatic rings. The summed E-state index contributed by atoms with van der Waals surface area (Å²) >= 11 is 3.53. The second-order valence-electron chi connectivity index (χ2n) is 7.62. The lowest BCUT2D eigenvalue weighted by molar-refractivity contribution is 0.0912. The van der Waals surface area contributed by atoms with E-state index in [2.05, 4.69) is 48.5 Å². The summed E-state index contributed by atoms with van der Waals surface area (Å²) in [5.41, 5.74) is 0.786. The Hall–Kier alpha value is -1.30. The molecular weight excluding hydrogens is 372 g/mol. The number of carbonyl (C=O) groups is 1. The summed E-state index contributed by atoms with van der Waals surface area (Å²) in [6.07, 6.45) is 2.48. The van der Waals surface area contributed by atoms with Crippen molar-refractivity contribution < 1.29 is 4.79 Å². The zero-order valence-corrected chi connectivity index (χ0v) is 18.1. The number of nitrogens with zero attached hydrogens (tertiary/aromatic N) is 1. The summed E-state index contributed by atoms with van der Waals surface area (Å²) in [6, 6.07) is 12.5. The molecule has 1 aliphatic rings. The Kier molecular flexibility index (Phi) is 7.39. The minimum atomic E-state index is 0.0330. The fraction of sp³-hybridized carbons (Fsp3) is 0.500. The summed E-state index contributed by atoms with van der Waals surface area (Å²) in [4.78, 5) is 17.9. The van der Waals surface area contributed by atoms with Gasteiger partial charge in [-0.25, -0.2) is 0 Å². The highest BCUT2D eigenvalue weighted by molar-refractivity contribution is 8.00. The molecule has 2 heterocycles. The predicted octanol–water partition coefficient (Wildman–Crippen LogP) is 5.45. The molecule has 1 aromatic heterocycles. The van der Waals surface area contributed by atoms with Gasteiger partial charge in [0.05, 0.1) is 11.6 Å². The molecule has 27 heavy (non-hydrogen) atoms. The maximum atomic E-state index is 12.9. The van der Waals surface area contributed by atoms with Gasteiger partial charge < -0.3 is 5.32 Å². The summed E-state index contributed by atoms with van der Waals surface area (Å²) in [5.74, 6) is 0.838. The van der Waals surface area contributed by atoms with Gasteiger partial charge in [0.15, 0.2) is 0 Å². The first-order chi connectivity index (χ1) is 13.0. The third kappa shape index (κ3) is 5.59. The molecule has 3 nitrogen and oxygen atoms in total. The molecule has 0 radical (unpaired) electrons. The number of hydrogen-bond donors (Lipinski definition) is 1. The number of amides is 1. The lowest BCUT2D eigenvalue weighted by Crippen LogP contribution is -2.41. The van der Waals surface area contributed by atoms with E-state index < -0.39 is 0 Å². The summed E-state index contributed by atoms with van der Waals surface area (Å²) in [5, 5.41) is 5.80. The van der Waals surface area contributed by atoms with E-state index in [1.165, 1.54) is 17.7 Å². The number of hydrogen-bond acceptors (Lipinski definition) is 4. The van der Waals surface area contributed by atoms with Crippen LogP contribution in [0.5, 0.6) is 0 Å². The molecule has 0 spiro atoms. The molecule has 0 saturated carbocycles. The summed E-state index contributed by atoms with van der Waals surface area (Å²) in [6.45, 7) is 9.53. The van der Waals surface area contributed by atoms with E-state index in [0.29, 0.717) is 11.8 Å². The van der Waals surface area contributed by atoms with Crippen molar-refractivity contribution in [2.75, 3.05) is 19.6 Å². The highest BCUT2D eigenvalue weighted by atomic mass is 32.2. The Morgan fingerprint density at radius 3 is 2.63 bits per heavy atom. The molecule has 1 amide bonds. The lowest BCUT2D eigenvalue weighted by Gasteiger charge is -2.36. The van der Waals surface area contributed by atoms with Crippen LogP contribution in [-0.2, 0) is 0 Å². The fourth-order valence-corrected chi connectivity index (χ4v) is 5.34. The van der Waals surface area contributed by atoms with Crippen molar-refractivity contribution in [2.24, 2.45) is 5.92 Å². The zero-order valence-electron chi connectivity index (χ0n) is 16.5. The fourth-order valence-electron chi connectivity index (χ4n) is 3.53. The van der Waals surface area contributed by atoms with Crippen molar-refractivity contribution in [3.05, 3.63) is 52.2 Å². The molecule has 1 saturated heterocycles. The minimum Gasteiger partial charge on any atom is -0.350 e. The number of piperidine rings is 1. The van der Waals surface area contributed by atoms with Crippen LogP contribution in [0, 0.1) is 5.92 Å². The number of nitrogens with one attached hydrogen (secondary N) is 1. The minimum absolute atomic E-state index is 0.0330. The van der Waals surface area contributed by atoms with Crippen LogP contribution in [0.4, 0.5) is 0 Å². The molecule has 1 aliphatic heterocycles. The van der Waals surface area contributed by atoms with E-state index in [-0.39, 0.29) is 11.9 Å². The van der Waals surface area contributed by atoms with Gasteiger partial charge in [0.2, 0.25) is 0 Å². The van der Waals surface area contributed by atoms with E-state index in [1.807, 2.05) is 24.3 Å². The number of carbonyl (C=O) groups excluding carboxylic acids is 1. The standard InChI is InChI=1S/C22H30N2OS2/c1-16(2)27-20-8-5-4-7-18(20)22(25)23-15-19(21-9-6-14-26-21)24-12-10-17(3)11-13-24/h4-9,14,16-17,19H,10-13,15H2,1-3H3,(H,23,25). The van der Waals surface area contributed by atoms with Crippen molar-refractivity contribution in [3.8, 4) is 0 Å². The van der Waals surface area contributed by atoms with Crippen LogP contribution in [0.1, 0.15) is 54.9 Å². The van der Waals surface area contributed by atoms with E-state index >= 15 is 0 Å². The highest BCUT2D eigenvalue weighted by Gasteiger charge is 2.26.